The van der Waals surface area contributed by atoms with Crippen molar-refractivity contribution in [3.63, 3.8) is 0 Å². The van der Waals surface area contributed by atoms with Gasteiger partial charge in [0.1, 0.15) is 16.2 Å². The zero-order chi connectivity index (χ0) is 19.9. The van der Waals surface area contributed by atoms with Gasteiger partial charge in [0, 0.05) is 10.4 Å². The minimum atomic E-state index is -1.24. The fourth-order valence-electron chi connectivity index (χ4n) is 3.03. The highest BCUT2D eigenvalue weighted by atomic mass is 35.5. The molecule has 0 aliphatic carbocycles. The second-order valence-electron chi connectivity index (χ2n) is 6.80. The summed E-state index contributed by atoms with van der Waals surface area (Å²) in [4.78, 5) is 32.6. The molecule has 0 spiro atoms. The lowest BCUT2D eigenvalue weighted by atomic mass is 10.0. The molecule has 0 bridgehead atoms. The molecule has 3 rings (SSSR count). The normalized spacial score (nSPS) is 11.8. The number of ether oxygens (including phenoxy) is 1. The summed E-state index contributed by atoms with van der Waals surface area (Å²) in [6.45, 7) is 9.14. The van der Waals surface area contributed by atoms with Gasteiger partial charge >= 0.3 is 5.97 Å². The Hall–Kier alpha value is -2.18. The van der Waals surface area contributed by atoms with Gasteiger partial charge in [-0.3, -0.25) is 9.36 Å². The van der Waals surface area contributed by atoms with Gasteiger partial charge in [0.05, 0.1) is 17.0 Å². The maximum Gasteiger partial charge on any atom is 0.331 e. The van der Waals surface area contributed by atoms with E-state index in [1.807, 2.05) is 26.0 Å². The summed E-state index contributed by atoms with van der Waals surface area (Å²) in [5.74, 6) is -0.136. The highest BCUT2D eigenvalue weighted by molar-refractivity contribution is 7.18. The second-order valence-corrected chi connectivity index (χ2v) is 8.41. The van der Waals surface area contributed by atoms with Crippen molar-refractivity contribution in [1.82, 2.24) is 9.55 Å². The van der Waals surface area contributed by atoms with E-state index < -0.39 is 11.5 Å². The predicted molar refractivity (Wildman–Crippen MR) is 110 cm³/mol. The first-order chi connectivity index (χ1) is 12.7. The van der Waals surface area contributed by atoms with Gasteiger partial charge in [-0.15, -0.1) is 11.3 Å². The van der Waals surface area contributed by atoms with Crippen molar-refractivity contribution in [2.45, 2.75) is 40.2 Å². The van der Waals surface area contributed by atoms with Crippen LogP contribution < -0.4 is 5.56 Å². The van der Waals surface area contributed by atoms with Crippen LogP contribution in [0.25, 0.3) is 21.6 Å². The molecule has 0 saturated carbocycles. The van der Waals surface area contributed by atoms with Crippen LogP contribution in [-0.4, -0.2) is 22.1 Å². The SMILES string of the molecule is CCOC(=O)C(C)(C)n1c(-c2ccccc2Cl)nc2sc(C)c(C)c2c1=O. The molecule has 2 aromatic heterocycles. The first-order valence-electron chi connectivity index (χ1n) is 8.65. The molecular weight excluding hydrogens is 384 g/mol. The molecule has 0 N–H and O–H groups in total. The number of halogens is 1. The molecule has 142 valence electrons. The molecule has 0 radical (unpaired) electrons. The van der Waals surface area contributed by atoms with E-state index in [1.165, 1.54) is 15.9 Å². The quantitative estimate of drug-likeness (QED) is 0.591. The number of nitrogens with zero attached hydrogens (tertiary/aromatic N) is 2. The molecule has 0 unspecified atom stereocenters. The molecule has 0 saturated heterocycles. The number of rotatable bonds is 4. The van der Waals surface area contributed by atoms with Gasteiger partial charge in [-0.25, -0.2) is 9.78 Å². The fourth-order valence-corrected chi connectivity index (χ4v) is 4.27. The van der Waals surface area contributed by atoms with Crippen molar-refractivity contribution in [1.29, 1.82) is 0 Å². The Bertz CT molecular complexity index is 1100. The van der Waals surface area contributed by atoms with Crippen molar-refractivity contribution in [2.24, 2.45) is 0 Å². The van der Waals surface area contributed by atoms with E-state index in [1.54, 1.807) is 32.9 Å². The Kier molecular flexibility index (Phi) is 5.14. The van der Waals surface area contributed by atoms with Crippen LogP contribution in [0.15, 0.2) is 29.1 Å². The molecule has 7 heteroatoms. The van der Waals surface area contributed by atoms with Crippen LogP contribution in [0.3, 0.4) is 0 Å². The molecule has 0 fully saturated rings. The summed E-state index contributed by atoms with van der Waals surface area (Å²) in [7, 11) is 0. The van der Waals surface area contributed by atoms with Gasteiger partial charge in [-0.1, -0.05) is 23.7 Å². The first kappa shape index (κ1) is 19.6. The van der Waals surface area contributed by atoms with Crippen LogP contribution in [-0.2, 0) is 15.1 Å². The summed E-state index contributed by atoms with van der Waals surface area (Å²) in [6, 6.07) is 7.16. The largest absolute Gasteiger partial charge is 0.464 e. The van der Waals surface area contributed by atoms with Gasteiger partial charge < -0.3 is 4.74 Å². The molecule has 1 aromatic carbocycles. The van der Waals surface area contributed by atoms with Crippen molar-refractivity contribution in [3.8, 4) is 11.4 Å². The van der Waals surface area contributed by atoms with Gasteiger partial charge in [-0.05, 0) is 52.3 Å². The number of aromatic nitrogens is 2. The molecule has 0 amide bonds. The summed E-state index contributed by atoms with van der Waals surface area (Å²) in [5, 5.41) is 0.993. The molecule has 5 nitrogen and oxygen atoms in total. The molecular formula is C20H21ClN2O3S. The molecule has 0 aliphatic rings. The van der Waals surface area contributed by atoms with E-state index in [9.17, 15) is 9.59 Å². The highest BCUT2D eigenvalue weighted by Crippen LogP contribution is 2.33. The molecule has 3 aromatic rings. The van der Waals surface area contributed by atoms with Gasteiger partial charge in [0.2, 0.25) is 0 Å². The van der Waals surface area contributed by atoms with Crippen LogP contribution in [0.2, 0.25) is 5.02 Å². The second kappa shape index (κ2) is 7.09. The van der Waals surface area contributed by atoms with Crippen LogP contribution in [0.4, 0.5) is 0 Å². The minimum Gasteiger partial charge on any atom is -0.464 e. The number of fused-ring (bicyclic) bond motifs is 1. The van der Waals surface area contributed by atoms with Crippen molar-refractivity contribution in [2.75, 3.05) is 6.61 Å². The first-order valence-corrected chi connectivity index (χ1v) is 9.85. The number of carbonyl (C=O) groups is 1. The summed E-state index contributed by atoms with van der Waals surface area (Å²) < 4.78 is 6.64. The van der Waals surface area contributed by atoms with E-state index >= 15 is 0 Å². The lowest BCUT2D eigenvalue weighted by Gasteiger charge is -2.28. The number of benzene rings is 1. The van der Waals surface area contributed by atoms with Gasteiger partial charge in [0.15, 0.2) is 0 Å². The van der Waals surface area contributed by atoms with Gasteiger partial charge in [0.25, 0.3) is 5.56 Å². The van der Waals surface area contributed by atoms with Gasteiger partial charge in [-0.2, -0.15) is 0 Å². The number of thiophene rings is 1. The van der Waals surface area contributed by atoms with Crippen LogP contribution >= 0.6 is 22.9 Å². The lowest BCUT2D eigenvalue weighted by Crippen LogP contribution is -2.45. The van der Waals surface area contributed by atoms with Crippen LogP contribution in [0, 0.1) is 13.8 Å². The third-order valence-electron chi connectivity index (χ3n) is 4.65. The lowest BCUT2D eigenvalue weighted by molar-refractivity contribution is -0.152. The van der Waals surface area contributed by atoms with Crippen molar-refractivity contribution < 1.29 is 9.53 Å². The zero-order valence-electron chi connectivity index (χ0n) is 15.9. The van der Waals surface area contributed by atoms with E-state index in [0.717, 1.165) is 10.4 Å². The maximum atomic E-state index is 13.5. The van der Waals surface area contributed by atoms with E-state index in [0.29, 0.717) is 26.6 Å². The van der Waals surface area contributed by atoms with E-state index in [4.69, 9.17) is 21.3 Å². The Labute approximate surface area is 166 Å². The summed E-state index contributed by atoms with van der Waals surface area (Å²) >= 11 is 7.86. The summed E-state index contributed by atoms with van der Waals surface area (Å²) in [6.07, 6.45) is 0. The van der Waals surface area contributed by atoms with Crippen LogP contribution in [0.1, 0.15) is 31.2 Å². The third kappa shape index (κ3) is 3.17. The Balaban J connectivity index is 2.46. The molecule has 0 atom stereocenters. The third-order valence-corrected chi connectivity index (χ3v) is 6.08. The summed E-state index contributed by atoms with van der Waals surface area (Å²) in [5.41, 5.74) is -0.0360. The van der Waals surface area contributed by atoms with Crippen molar-refractivity contribution >= 4 is 39.1 Å². The molecule has 2 heterocycles. The van der Waals surface area contributed by atoms with E-state index in [2.05, 4.69) is 0 Å². The topological polar surface area (TPSA) is 61.2 Å². The number of hydrogen-bond acceptors (Lipinski definition) is 5. The average Bonchev–Trinajstić information content (AvgIpc) is 2.89. The Morgan fingerprint density at radius 3 is 2.59 bits per heavy atom. The minimum absolute atomic E-state index is 0.227. The smallest absolute Gasteiger partial charge is 0.331 e. The number of hydrogen-bond donors (Lipinski definition) is 0. The molecule has 0 aliphatic heterocycles. The highest BCUT2D eigenvalue weighted by Gasteiger charge is 2.36. The maximum absolute atomic E-state index is 13.5. The Morgan fingerprint density at radius 1 is 1.30 bits per heavy atom. The number of carbonyl (C=O) groups excluding carboxylic acids is 1. The van der Waals surface area contributed by atoms with Crippen molar-refractivity contribution in [3.05, 3.63) is 50.1 Å². The van der Waals surface area contributed by atoms with Crippen LogP contribution in [0.5, 0.6) is 0 Å². The average molecular weight is 405 g/mol. The number of esters is 1. The predicted octanol–water partition coefficient (Wildman–Crippen LogP) is 4.69. The monoisotopic (exact) mass is 404 g/mol. The molecule has 27 heavy (non-hydrogen) atoms. The van der Waals surface area contributed by atoms with E-state index in [-0.39, 0.29) is 12.2 Å². The number of aryl methyl sites for hydroxylation is 2. The Morgan fingerprint density at radius 2 is 1.96 bits per heavy atom. The zero-order valence-corrected chi connectivity index (χ0v) is 17.5. The standard InChI is InChI=1S/C20H21ClN2O3S/c1-6-26-19(25)20(4,5)23-16(13-9-7-8-10-14(13)21)22-17-15(18(23)24)11(2)12(3)27-17/h7-10H,6H2,1-5H3. The fraction of sp³-hybridized carbons (Fsp3) is 0.350.